The summed E-state index contributed by atoms with van der Waals surface area (Å²) in [4.78, 5) is 12.5. The molecular weight excluding hydrogens is 276 g/mol. The maximum atomic E-state index is 12.5. The Bertz CT molecular complexity index is 596. The summed E-state index contributed by atoms with van der Waals surface area (Å²) in [5.74, 6) is 0.440. The predicted molar refractivity (Wildman–Crippen MR) is 78.7 cm³/mol. The molecule has 0 unspecified atom stereocenters. The van der Waals surface area contributed by atoms with Gasteiger partial charge in [0.15, 0.2) is 5.78 Å². The molecule has 104 valence electrons. The molecule has 0 saturated heterocycles. The number of ketones is 1. The van der Waals surface area contributed by atoms with Gasteiger partial charge < -0.3 is 9.47 Å². The van der Waals surface area contributed by atoms with Crippen LogP contribution in [0.3, 0.4) is 0 Å². The lowest BCUT2D eigenvalue weighted by Crippen LogP contribution is -2.09. The van der Waals surface area contributed by atoms with Gasteiger partial charge >= 0.3 is 0 Å². The lowest BCUT2D eigenvalue weighted by molar-refractivity contribution is 0.103. The number of hydrogen-bond donors (Lipinski definition) is 0. The molecule has 0 atom stereocenters. The van der Waals surface area contributed by atoms with Crippen LogP contribution in [0, 0.1) is 0 Å². The fraction of sp³-hybridized carbons (Fsp3) is 0.188. The Labute approximate surface area is 123 Å². The lowest BCUT2D eigenvalue weighted by atomic mass is 10.0. The first kappa shape index (κ1) is 14.6. The van der Waals surface area contributed by atoms with Gasteiger partial charge in [-0.05, 0) is 24.3 Å². The van der Waals surface area contributed by atoms with Gasteiger partial charge in [0.25, 0.3) is 0 Å². The molecule has 3 nitrogen and oxygen atoms in total. The fourth-order valence-corrected chi connectivity index (χ4v) is 1.99. The van der Waals surface area contributed by atoms with Crippen molar-refractivity contribution in [2.75, 3.05) is 20.3 Å². The van der Waals surface area contributed by atoms with Gasteiger partial charge in [0.2, 0.25) is 0 Å². The van der Waals surface area contributed by atoms with Crippen molar-refractivity contribution in [2.45, 2.75) is 0 Å². The van der Waals surface area contributed by atoms with Crippen LogP contribution in [0.2, 0.25) is 5.02 Å². The topological polar surface area (TPSA) is 35.5 Å². The van der Waals surface area contributed by atoms with Crippen molar-refractivity contribution in [3.63, 3.8) is 0 Å². The van der Waals surface area contributed by atoms with Crippen molar-refractivity contribution < 1.29 is 14.3 Å². The van der Waals surface area contributed by atoms with E-state index in [9.17, 15) is 4.79 Å². The first-order valence-electron chi connectivity index (χ1n) is 6.23. The number of rotatable bonds is 6. The average Bonchev–Trinajstić information content (AvgIpc) is 2.47. The molecule has 4 heteroatoms. The van der Waals surface area contributed by atoms with E-state index in [4.69, 9.17) is 21.1 Å². The lowest BCUT2D eigenvalue weighted by Gasteiger charge is -2.10. The van der Waals surface area contributed by atoms with E-state index < -0.39 is 0 Å². The number of hydrogen-bond acceptors (Lipinski definition) is 3. The summed E-state index contributed by atoms with van der Waals surface area (Å²) in [6, 6.07) is 14.0. The molecule has 2 aromatic carbocycles. The molecule has 0 aromatic heterocycles. The third kappa shape index (κ3) is 3.59. The molecule has 0 amide bonds. The van der Waals surface area contributed by atoms with E-state index in [-0.39, 0.29) is 5.78 Å². The number of carbonyl (C=O) groups is 1. The maximum Gasteiger partial charge on any atom is 0.196 e. The van der Waals surface area contributed by atoms with E-state index in [1.54, 1.807) is 49.6 Å². The normalized spacial score (nSPS) is 10.3. The van der Waals surface area contributed by atoms with Gasteiger partial charge in [-0.15, -0.1) is 0 Å². The van der Waals surface area contributed by atoms with Crippen molar-refractivity contribution in [2.24, 2.45) is 0 Å². The molecule has 2 rings (SSSR count). The van der Waals surface area contributed by atoms with E-state index >= 15 is 0 Å². The molecule has 20 heavy (non-hydrogen) atoms. The van der Waals surface area contributed by atoms with Gasteiger partial charge in [-0.2, -0.15) is 0 Å². The van der Waals surface area contributed by atoms with E-state index in [1.165, 1.54) is 0 Å². The highest BCUT2D eigenvalue weighted by Crippen LogP contribution is 2.22. The minimum atomic E-state index is -0.111. The van der Waals surface area contributed by atoms with Gasteiger partial charge in [0.05, 0.1) is 12.2 Å². The predicted octanol–water partition coefficient (Wildman–Crippen LogP) is 3.60. The zero-order valence-electron chi connectivity index (χ0n) is 11.1. The second kappa shape index (κ2) is 7.08. The highest BCUT2D eigenvalue weighted by molar-refractivity contribution is 6.31. The molecule has 0 aliphatic rings. The standard InChI is InChI=1S/C16H15ClO3/c1-19-9-10-20-15-8-3-2-7-14(15)16(18)12-5-4-6-13(17)11-12/h2-8,11H,9-10H2,1H3. The highest BCUT2D eigenvalue weighted by atomic mass is 35.5. The highest BCUT2D eigenvalue weighted by Gasteiger charge is 2.14. The first-order valence-corrected chi connectivity index (χ1v) is 6.61. The van der Waals surface area contributed by atoms with Gasteiger partial charge in [-0.3, -0.25) is 4.79 Å². The second-order valence-electron chi connectivity index (χ2n) is 4.18. The van der Waals surface area contributed by atoms with E-state index in [2.05, 4.69) is 0 Å². The Morgan fingerprint density at radius 3 is 2.65 bits per heavy atom. The number of halogens is 1. The fourth-order valence-electron chi connectivity index (χ4n) is 1.80. The first-order chi connectivity index (χ1) is 9.72. The van der Waals surface area contributed by atoms with Crippen molar-refractivity contribution in [1.82, 2.24) is 0 Å². The summed E-state index contributed by atoms with van der Waals surface area (Å²) in [7, 11) is 1.60. The largest absolute Gasteiger partial charge is 0.490 e. The van der Waals surface area contributed by atoms with Crippen molar-refractivity contribution in [3.8, 4) is 5.75 Å². The van der Waals surface area contributed by atoms with Gasteiger partial charge in [0, 0.05) is 17.7 Å². The molecule has 0 fully saturated rings. The third-order valence-corrected chi connectivity index (χ3v) is 3.00. The van der Waals surface area contributed by atoms with Crippen molar-refractivity contribution in [3.05, 3.63) is 64.7 Å². The number of benzene rings is 2. The monoisotopic (exact) mass is 290 g/mol. The van der Waals surface area contributed by atoms with Crippen LogP contribution in [0.1, 0.15) is 15.9 Å². The maximum absolute atomic E-state index is 12.5. The number of carbonyl (C=O) groups excluding carboxylic acids is 1. The summed E-state index contributed by atoms with van der Waals surface area (Å²) in [6.45, 7) is 0.871. The third-order valence-electron chi connectivity index (χ3n) is 2.76. The molecule has 2 aromatic rings. The van der Waals surface area contributed by atoms with Gasteiger partial charge in [-0.25, -0.2) is 0 Å². The minimum absolute atomic E-state index is 0.111. The second-order valence-corrected chi connectivity index (χ2v) is 4.61. The minimum Gasteiger partial charge on any atom is -0.490 e. The summed E-state index contributed by atoms with van der Waals surface area (Å²) in [6.07, 6.45) is 0. The van der Waals surface area contributed by atoms with Crippen LogP contribution in [0.15, 0.2) is 48.5 Å². The summed E-state index contributed by atoms with van der Waals surface area (Å²) in [5, 5.41) is 0.536. The zero-order chi connectivity index (χ0) is 14.4. The summed E-state index contributed by atoms with van der Waals surface area (Å²) in [5.41, 5.74) is 1.06. The van der Waals surface area contributed by atoms with Crippen LogP contribution in [-0.2, 0) is 4.74 Å². The van der Waals surface area contributed by atoms with Crippen LogP contribution >= 0.6 is 11.6 Å². The average molecular weight is 291 g/mol. The van der Waals surface area contributed by atoms with Gasteiger partial charge in [0.1, 0.15) is 12.4 Å². The van der Waals surface area contributed by atoms with Crippen molar-refractivity contribution >= 4 is 17.4 Å². The summed E-state index contributed by atoms with van der Waals surface area (Å²) < 4.78 is 10.5. The van der Waals surface area contributed by atoms with Crippen molar-refractivity contribution in [1.29, 1.82) is 0 Å². The number of ether oxygens (including phenoxy) is 2. The molecule has 0 bridgehead atoms. The molecule has 0 aliphatic carbocycles. The van der Waals surface area contributed by atoms with E-state index in [1.807, 2.05) is 6.07 Å². The molecule has 0 saturated carbocycles. The van der Waals surface area contributed by atoms with Crippen LogP contribution in [-0.4, -0.2) is 26.1 Å². The van der Waals surface area contributed by atoms with E-state index in [0.29, 0.717) is 35.1 Å². The Morgan fingerprint density at radius 2 is 1.90 bits per heavy atom. The Kier molecular flexibility index (Phi) is 5.16. The molecule has 0 heterocycles. The number of para-hydroxylation sites is 1. The van der Waals surface area contributed by atoms with E-state index in [0.717, 1.165) is 0 Å². The van der Waals surface area contributed by atoms with Crippen LogP contribution in [0.5, 0.6) is 5.75 Å². The smallest absolute Gasteiger partial charge is 0.196 e. The Morgan fingerprint density at radius 1 is 1.10 bits per heavy atom. The SMILES string of the molecule is COCCOc1ccccc1C(=O)c1cccc(Cl)c1. The molecule has 0 spiro atoms. The molecule has 0 radical (unpaired) electrons. The molecular formula is C16H15ClO3. The molecule has 0 N–H and O–H groups in total. The van der Waals surface area contributed by atoms with Crippen LogP contribution in [0.25, 0.3) is 0 Å². The number of methoxy groups -OCH3 is 1. The van der Waals surface area contributed by atoms with Gasteiger partial charge in [-0.1, -0.05) is 35.9 Å². The Hall–Kier alpha value is -1.84. The quantitative estimate of drug-likeness (QED) is 0.602. The van der Waals surface area contributed by atoms with Crippen LogP contribution < -0.4 is 4.74 Å². The van der Waals surface area contributed by atoms with Crippen LogP contribution in [0.4, 0.5) is 0 Å². The summed E-state index contributed by atoms with van der Waals surface area (Å²) >= 11 is 5.92. The Balaban J connectivity index is 2.25. The zero-order valence-corrected chi connectivity index (χ0v) is 11.9. The molecule has 0 aliphatic heterocycles.